The first-order valence-electron chi connectivity index (χ1n) is 10.3. The highest BCUT2D eigenvalue weighted by molar-refractivity contribution is 5.98. The molecule has 1 aromatic heterocycles. The van der Waals surface area contributed by atoms with Gasteiger partial charge in [-0.1, -0.05) is 46.8 Å². The van der Waals surface area contributed by atoms with E-state index in [-0.39, 0.29) is 13.2 Å². The number of oxime groups is 1. The average Bonchev–Trinajstić information content (AvgIpc) is 3.37. The van der Waals surface area contributed by atoms with E-state index in [4.69, 9.17) is 9.57 Å². The summed E-state index contributed by atoms with van der Waals surface area (Å²) in [7, 11) is 0. The summed E-state index contributed by atoms with van der Waals surface area (Å²) in [6, 6.07) is 19.8. The molecule has 0 aliphatic heterocycles. The quantitative estimate of drug-likeness (QED) is 0.277. The molecule has 0 atom stereocenters. The first-order chi connectivity index (χ1) is 16.4. The number of ether oxygens (including phenoxy) is 1. The Labute approximate surface area is 193 Å². The van der Waals surface area contributed by atoms with E-state index in [9.17, 15) is 13.2 Å². The van der Waals surface area contributed by atoms with Crippen molar-refractivity contribution in [1.29, 1.82) is 0 Å². The maximum absolute atomic E-state index is 12.7. The molecule has 0 radical (unpaired) electrons. The number of nitrogens with zero attached hydrogens (tertiary/aromatic N) is 4. The number of H-pyrrole nitrogens is 1. The van der Waals surface area contributed by atoms with Gasteiger partial charge in [0.2, 0.25) is 5.82 Å². The van der Waals surface area contributed by atoms with E-state index < -0.39 is 11.7 Å². The van der Waals surface area contributed by atoms with Crippen LogP contribution in [0, 0.1) is 0 Å². The molecule has 10 heteroatoms. The van der Waals surface area contributed by atoms with Crippen molar-refractivity contribution < 1.29 is 22.7 Å². The van der Waals surface area contributed by atoms with Crippen molar-refractivity contribution in [1.82, 2.24) is 20.6 Å². The summed E-state index contributed by atoms with van der Waals surface area (Å²) in [5.74, 6) is 1.12. The second kappa shape index (κ2) is 10.2. The van der Waals surface area contributed by atoms with Gasteiger partial charge in [-0.3, -0.25) is 0 Å². The van der Waals surface area contributed by atoms with E-state index in [1.165, 1.54) is 12.1 Å². The molecule has 4 aromatic rings. The lowest BCUT2D eigenvalue weighted by Gasteiger charge is -2.08. The van der Waals surface area contributed by atoms with E-state index >= 15 is 0 Å². The van der Waals surface area contributed by atoms with Crippen LogP contribution in [0.15, 0.2) is 78.0 Å². The first kappa shape index (κ1) is 23.0. The van der Waals surface area contributed by atoms with Crippen LogP contribution in [0.4, 0.5) is 13.2 Å². The summed E-state index contributed by atoms with van der Waals surface area (Å²) in [4.78, 5) is 5.47. The van der Waals surface area contributed by atoms with Gasteiger partial charge in [-0.2, -0.15) is 18.4 Å². The van der Waals surface area contributed by atoms with E-state index in [0.29, 0.717) is 22.8 Å². The summed E-state index contributed by atoms with van der Waals surface area (Å²) < 4.78 is 43.7. The standard InChI is InChI=1S/C24H20F3N5O2/c1-16(18-8-12-22(13-9-18)33-15-23-28-31-32-29-23)30-34-14-17-2-4-19(5-3-17)20-6-10-21(11-7-20)24(25,26)27/h2-13H,14-15H2,1H3,(H,28,29,31,32)/b30-16+. The number of rotatable bonds is 8. The van der Waals surface area contributed by atoms with Crippen molar-refractivity contribution in [2.24, 2.45) is 5.16 Å². The molecule has 0 amide bonds. The summed E-state index contributed by atoms with van der Waals surface area (Å²) in [5, 5.41) is 17.6. The lowest BCUT2D eigenvalue weighted by molar-refractivity contribution is -0.137. The molecule has 1 heterocycles. The van der Waals surface area contributed by atoms with Crippen molar-refractivity contribution in [2.45, 2.75) is 26.3 Å². The molecule has 174 valence electrons. The lowest BCUT2D eigenvalue weighted by Crippen LogP contribution is -2.03. The van der Waals surface area contributed by atoms with Gasteiger partial charge in [-0.05, 0) is 65.6 Å². The van der Waals surface area contributed by atoms with Gasteiger partial charge < -0.3 is 9.57 Å². The fourth-order valence-electron chi connectivity index (χ4n) is 3.09. The maximum atomic E-state index is 12.7. The van der Waals surface area contributed by atoms with Crippen molar-refractivity contribution in [3.05, 3.63) is 95.3 Å². The van der Waals surface area contributed by atoms with Gasteiger partial charge in [-0.25, -0.2) is 0 Å². The van der Waals surface area contributed by atoms with E-state index in [0.717, 1.165) is 28.8 Å². The molecule has 0 saturated heterocycles. The number of benzene rings is 3. The Morgan fingerprint density at radius 3 is 2.12 bits per heavy atom. The van der Waals surface area contributed by atoms with Gasteiger partial charge >= 0.3 is 6.18 Å². The Morgan fingerprint density at radius 1 is 0.882 bits per heavy atom. The Balaban J connectivity index is 1.29. The third-order valence-corrected chi connectivity index (χ3v) is 4.96. The van der Waals surface area contributed by atoms with Gasteiger partial charge in [0.15, 0.2) is 6.61 Å². The molecular formula is C24H20F3N5O2. The van der Waals surface area contributed by atoms with Crippen molar-refractivity contribution in [2.75, 3.05) is 0 Å². The van der Waals surface area contributed by atoms with Gasteiger partial charge in [0.1, 0.15) is 12.4 Å². The van der Waals surface area contributed by atoms with Crippen molar-refractivity contribution >= 4 is 5.71 Å². The minimum Gasteiger partial charge on any atom is -0.485 e. The number of hydrogen-bond acceptors (Lipinski definition) is 6. The van der Waals surface area contributed by atoms with Crippen LogP contribution in [-0.4, -0.2) is 26.3 Å². The second-order valence-electron chi connectivity index (χ2n) is 7.36. The largest absolute Gasteiger partial charge is 0.485 e. The predicted molar refractivity (Wildman–Crippen MR) is 119 cm³/mol. The van der Waals surface area contributed by atoms with Crippen LogP contribution in [0.2, 0.25) is 0 Å². The Morgan fingerprint density at radius 2 is 1.53 bits per heavy atom. The molecule has 0 aliphatic carbocycles. The molecule has 1 N–H and O–H groups in total. The number of aromatic nitrogens is 4. The van der Waals surface area contributed by atoms with E-state index in [2.05, 4.69) is 25.8 Å². The zero-order valence-electron chi connectivity index (χ0n) is 18.1. The van der Waals surface area contributed by atoms with Crippen LogP contribution >= 0.6 is 0 Å². The minimum atomic E-state index is -4.34. The molecular weight excluding hydrogens is 447 g/mol. The van der Waals surface area contributed by atoms with Crippen molar-refractivity contribution in [3.63, 3.8) is 0 Å². The highest BCUT2D eigenvalue weighted by atomic mass is 19.4. The lowest BCUT2D eigenvalue weighted by atomic mass is 10.0. The zero-order valence-corrected chi connectivity index (χ0v) is 18.1. The molecule has 0 unspecified atom stereocenters. The maximum Gasteiger partial charge on any atom is 0.416 e. The number of nitrogens with one attached hydrogen (secondary N) is 1. The fourth-order valence-corrected chi connectivity index (χ4v) is 3.09. The third-order valence-electron chi connectivity index (χ3n) is 4.96. The Kier molecular flexibility index (Phi) is 6.86. The van der Waals surface area contributed by atoms with Gasteiger partial charge in [0, 0.05) is 0 Å². The normalized spacial score (nSPS) is 11.9. The number of aromatic amines is 1. The van der Waals surface area contributed by atoms with Gasteiger partial charge in [0.25, 0.3) is 0 Å². The van der Waals surface area contributed by atoms with Crippen LogP contribution in [-0.2, 0) is 24.2 Å². The summed E-state index contributed by atoms with van der Waals surface area (Å²) in [5.41, 5.74) is 3.33. The molecule has 34 heavy (non-hydrogen) atoms. The molecule has 0 aliphatic rings. The highest BCUT2D eigenvalue weighted by Gasteiger charge is 2.29. The van der Waals surface area contributed by atoms with Crippen LogP contribution in [0.1, 0.15) is 29.4 Å². The SMILES string of the molecule is C/C(=N\OCc1ccc(-c2ccc(C(F)(F)F)cc2)cc1)c1ccc(OCc2nn[nH]n2)cc1. The monoisotopic (exact) mass is 467 g/mol. The second-order valence-corrected chi connectivity index (χ2v) is 7.36. The summed E-state index contributed by atoms with van der Waals surface area (Å²) in [6.07, 6.45) is -4.34. The number of alkyl halides is 3. The summed E-state index contributed by atoms with van der Waals surface area (Å²) >= 11 is 0. The average molecular weight is 467 g/mol. The number of halogens is 3. The Hall–Kier alpha value is -4.21. The van der Waals surface area contributed by atoms with Crippen LogP contribution < -0.4 is 4.74 Å². The van der Waals surface area contributed by atoms with Gasteiger partial charge in [0.05, 0.1) is 11.3 Å². The first-order valence-corrected chi connectivity index (χ1v) is 10.3. The molecule has 0 bridgehead atoms. The molecule has 0 saturated carbocycles. The highest BCUT2D eigenvalue weighted by Crippen LogP contribution is 2.31. The minimum absolute atomic E-state index is 0.212. The van der Waals surface area contributed by atoms with Crippen LogP contribution in [0.5, 0.6) is 5.75 Å². The molecule has 0 fully saturated rings. The van der Waals surface area contributed by atoms with E-state index in [1.807, 2.05) is 55.5 Å². The number of tetrazole rings is 1. The summed E-state index contributed by atoms with van der Waals surface area (Å²) in [6.45, 7) is 2.31. The molecule has 0 spiro atoms. The van der Waals surface area contributed by atoms with Crippen LogP contribution in [0.3, 0.4) is 0 Å². The zero-order chi connectivity index (χ0) is 24.0. The third kappa shape index (κ3) is 5.97. The predicted octanol–water partition coefficient (Wildman–Crippen LogP) is 5.41. The topological polar surface area (TPSA) is 85.3 Å². The number of hydrogen-bond donors (Lipinski definition) is 1. The molecule has 3 aromatic carbocycles. The fraction of sp³-hybridized carbons (Fsp3) is 0.167. The van der Waals surface area contributed by atoms with Gasteiger partial charge in [-0.15, -0.1) is 10.2 Å². The molecule has 7 nitrogen and oxygen atoms in total. The smallest absolute Gasteiger partial charge is 0.416 e. The van der Waals surface area contributed by atoms with Crippen molar-refractivity contribution in [3.8, 4) is 16.9 Å². The van der Waals surface area contributed by atoms with Crippen LogP contribution in [0.25, 0.3) is 11.1 Å². The Bertz CT molecular complexity index is 1220. The molecule has 4 rings (SSSR count). The van der Waals surface area contributed by atoms with E-state index in [1.54, 1.807) is 0 Å².